The lowest BCUT2D eigenvalue weighted by Crippen LogP contribution is -2.60. The van der Waals surface area contributed by atoms with Crippen LogP contribution in [0, 0.1) is 35.5 Å². The number of nitrogens with zero attached hydrogens (tertiary/aromatic N) is 1. The van der Waals surface area contributed by atoms with Crippen LogP contribution < -0.4 is 9.47 Å². The summed E-state index contributed by atoms with van der Waals surface area (Å²) in [7, 11) is 4.48. The van der Waals surface area contributed by atoms with E-state index in [1.54, 1.807) is 53.2 Å². The second-order valence-corrected chi connectivity index (χ2v) is 21.9. The number of esters is 1. The van der Waals surface area contributed by atoms with Crippen LogP contribution in [0.25, 0.3) is 0 Å². The molecular weight excluding hydrogens is 963 g/mol. The Balaban J connectivity index is 1.54. The first-order valence-electron chi connectivity index (χ1n) is 27.2. The van der Waals surface area contributed by atoms with Gasteiger partial charge in [0.1, 0.15) is 48.2 Å². The molecule has 16 nitrogen and oxygen atoms in total. The number of hydrogen-bond acceptors (Lipinski definition) is 15. The number of rotatable bonds is 10. The number of piperidine rings is 1. The number of amides is 1. The molecule has 0 spiro atoms. The number of aliphatic hydroxyl groups excluding tert-OH is 3. The third kappa shape index (κ3) is 16.0. The van der Waals surface area contributed by atoms with Gasteiger partial charge in [-0.15, -0.1) is 0 Å². The number of cyclic esters (lactones) is 1. The van der Waals surface area contributed by atoms with Gasteiger partial charge in [0.25, 0.3) is 11.7 Å². The summed E-state index contributed by atoms with van der Waals surface area (Å²) in [5, 5.41) is 43.8. The zero-order chi connectivity index (χ0) is 55.1. The van der Waals surface area contributed by atoms with Crippen molar-refractivity contribution in [3.8, 4) is 11.5 Å². The minimum Gasteiger partial charge on any atom is -0.496 e. The SMILES string of the molecule is COc1cc(OCCO)ccc1[C@@H]1C[C@@H]2CC[C@@H](C)[C@@](O)(O2)C(=O)C(=O)N2CCCC[C@H]2C(=O)O[C@H]([C@H](C)C[C@@H]2CC[C@@H](O)[C@H](OC)C2)CC(=O)[C@H](C)/C=C(\C)[C@@H](O)[C@@H](OC)C(=O)[C@H](C)C[C@H](C)/C=C/C=CC=C1C. The van der Waals surface area contributed by atoms with Crippen LogP contribution >= 0.6 is 0 Å². The summed E-state index contributed by atoms with van der Waals surface area (Å²) < 4.78 is 35.5. The van der Waals surface area contributed by atoms with Crippen LogP contribution in [0.5, 0.6) is 11.5 Å². The molecule has 0 unspecified atom stereocenters. The van der Waals surface area contributed by atoms with Gasteiger partial charge >= 0.3 is 5.97 Å². The monoisotopic (exact) mass is 1050 g/mol. The van der Waals surface area contributed by atoms with Crippen molar-refractivity contribution in [2.75, 3.05) is 41.1 Å². The van der Waals surface area contributed by atoms with Gasteiger partial charge in [-0.1, -0.05) is 82.7 Å². The van der Waals surface area contributed by atoms with Crippen molar-refractivity contribution >= 4 is 29.2 Å². The lowest BCUT2D eigenvalue weighted by molar-refractivity contribution is -0.264. The van der Waals surface area contributed by atoms with Gasteiger partial charge in [0.15, 0.2) is 5.78 Å². The maximum absolute atomic E-state index is 14.6. The van der Waals surface area contributed by atoms with Crippen molar-refractivity contribution < 1.29 is 72.8 Å². The van der Waals surface area contributed by atoms with Crippen LogP contribution in [0.1, 0.15) is 137 Å². The molecule has 418 valence electrons. The molecule has 4 aliphatic rings. The van der Waals surface area contributed by atoms with Gasteiger partial charge < -0.3 is 53.7 Å². The Morgan fingerprint density at radius 1 is 0.867 bits per heavy atom. The zero-order valence-corrected chi connectivity index (χ0v) is 46.1. The molecule has 2 saturated heterocycles. The third-order valence-electron chi connectivity index (χ3n) is 16.2. The van der Waals surface area contributed by atoms with E-state index in [-0.39, 0.29) is 80.4 Å². The summed E-state index contributed by atoms with van der Waals surface area (Å²) in [5.74, 6) is -7.76. The van der Waals surface area contributed by atoms with Crippen LogP contribution in [-0.4, -0.2) is 144 Å². The Kier molecular flexibility index (Phi) is 23.5. The Morgan fingerprint density at radius 2 is 1.61 bits per heavy atom. The molecule has 1 aromatic carbocycles. The van der Waals surface area contributed by atoms with Gasteiger partial charge in [-0.3, -0.25) is 19.2 Å². The van der Waals surface area contributed by atoms with Crippen molar-refractivity contribution in [2.45, 2.75) is 180 Å². The molecule has 5 rings (SSSR count). The fourth-order valence-electron chi connectivity index (χ4n) is 11.5. The first kappa shape index (κ1) is 61.3. The van der Waals surface area contributed by atoms with Gasteiger partial charge in [-0.05, 0) is 114 Å². The largest absolute Gasteiger partial charge is 0.496 e. The van der Waals surface area contributed by atoms with Gasteiger partial charge in [0.05, 0.1) is 32.0 Å². The maximum Gasteiger partial charge on any atom is 0.329 e. The van der Waals surface area contributed by atoms with E-state index in [0.717, 1.165) is 11.1 Å². The molecule has 15 atom stereocenters. The molecule has 1 aliphatic carbocycles. The number of benzene rings is 1. The lowest BCUT2D eigenvalue weighted by atomic mass is 9.78. The molecule has 3 heterocycles. The summed E-state index contributed by atoms with van der Waals surface area (Å²) in [4.78, 5) is 73.0. The zero-order valence-electron chi connectivity index (χ0n) is 46.1. The van der Waals surface area contributed by atoms with E-state index in [4.69, 9.17) is 28.4 Å². The van der Waals surface area contributed by atoms with Crippen molar-refractivity contribution in [1.29, 1.82) is 0 Å². The fourth-order valence-corrected chi connectivity index (χ4v) is 11.5. The van der Waals surface area contributed by atoms with Crippen molar-refractivity contribution in [1.82, 2.24) is 4.90 Å². The van der Waals surface area contributed by atoms with Crippen LogP contribution in [0.3, 0.4) is 0 Å². The van der Waals surface area contributed by atoms with Crippen molar-refractivity contribution in [3.05, 3.63) is 71.4 Å². The second kappa shape index (κ2) is 28.7. The van der Waals surface area contributed by atoms with E-state index < -0.39 is 77.8 Å². The summed E-state index contributed by atoms with van der Waals surface area (Å²) in [6.45, 7) is 12.6. The molecule has 3 fully saturated rings. The van der Waals surface area contributed by atoms with Gasteiger partial charge in [-0.25, -0.2) is 4.79 Å². The Morgan fingerprint density at radius 3 is 2.31 bits per heavy atom. The number of ether oxygens (including phenoxy) is 6. The molecule has 16 heteroatoms. The van der Waals surface area contributed by atoms with E-state index in [1.165, 1.54) is 12.0 Å². The topological polar surface area (TPSA) is 225 Å². The molecule has 3 aliphatic heterocycles. The maximum atomic E-state index is 14.6. The number of allylic oxidation sites excluding steroid dienone is 7. The van der Waals surface area contributed by atoms with E-state index in [9.17, 15) is 44.4 Å². The van der Waals surface area contributed by atoms with Crippen LogP contribution in [0.2, 0.25) is 0 Å². The number of Topliss-reactive ketones (excluding diaryl/α,β-unsaturated/α-hetero) is 3. The van der Waals surface area contributed by atoms with Crippen LogP contribution in [-0.2, 0) is 42.9 Å². The number of carbonyl (C=O) groups is 5. The van der Waals surface area contributed by atoms with E-state index in [1.807, 2.05) is 64.1 Å². The third-order valence-corrected chi connectivity index (χ3v) is 16.2. The second-order valence-electron chi connectivity index (χ2n) is 21.9. The number of fused-ring (bicyclic) bond motifs is 3. The number of aliphatic hydroxyl groups is 4. The molecule has 1 amide bonds. The number of hydrogen-bond donors (Lipinski definition) is 4. The summed E-state index contributed by atoms with van der Waals surface area (Å²) in [6, 6.07) is 4.21. The highest BCUT2D eigenvalue weighted by Gasteiger charge is 2.53. The van der Waals surface area contributed by atoms with Crippen molar-refractivity contribution in [2.24, 2.45) is 35.5 Å². The molecule has 1 aromatic rings. The first-order chi connectivity index (χ1) is 35.7. The normalized spacial score (nSPS) is 35.4. The number of ketones is 3. The van der Waals surface area contributed by atoms with Crippen LogP contribution in [0.4, 0.5) is 0 Å². The minimum absolute atomic E-state index is 0.0299. The van der Waals surface area contributed by atoms with Crippen molar-refractivity contribution in [3.63, 3.8) is 0 Å². The summed E-state index contributed by atoms with van der Waals surface area (Å²) in [6.07, 6.45) is 11.1. The molecule has 0 aromatic heterocycles. The molecule has 75 heavy (non-hydrogen) atoms. The summed E-state index contributed by atoms with van der Waals surface area (Å²) >= 11 is 0. The van der Waals surface area contributed by atoms with E-state index >= 15 is 0 Å². The quantitative estimate of drug-likeness (QED) is 0.102. The fraction of sp³-hybridized carbons (Fsp3) is 0.678. The highest BCUT2D eigenvalue weighted by Crippen LogP contribution is 2.43. The molecular formula is C59H87NO15. The van der Waals surface area contributed by atoms with Crippen LogP contribution in [0.15, 0.2) is 65.8 Å². The number of methoxy groups -OCH3 is 3. The Labute approximate surface area is 444 Å². The molecule has 1 saturated carbocycles. The molecule has 2 bridgehead atoms. The highest BCUT2D eigenvalue weighted by atomic mass is 16.6. The average Bonchev–Trinajstić information content (AvgIpc) is 3.39. The van der Waals surface area contributed by atoms with Gasteiger partial charge in [0, 0.05) is 62.5 Å². The van der Waals surface area contributed by atoms with E-state index in [0.29, 0.717) is 74.9 Å². The minimum atomic E-state index is -2.51. The summed E-state index contributed by atoms with van der Waals surface area (Å²) in [5.41, 5.74) is 2.05. The predicted molar refractivity (Wildman–Crippen MR) is 283 cm³/mol. The smallest absolute Gasteiger partial charge is 0.329 e. The standard InChI is InChI=1S/C59H87NO15/c1-35-16-12-11-13-17-36(2)46(45-23-22-43(73-27-26-61)33-51(45)70-8)32-44-21-19-41(7)59(69,75-44)56(66)57(67)60-25-15-14-18-47(60)58(68)74-50(38(4)30-42-20-24-48(62)52(31-42)71-9)34-49(63)37(3)29-40(6)54(65)55(72-10)53(64)39(5)28-35/h11-13,16-17,22-23,29,33,35,37-39,41-42,44,46-48,50,52,54-55,61-62,65,69H,14-15,18-21,24-28,30-32,34H2,1-10H3/b13-11?,16-12+,36-17?,40-29+/t35-,37-,38-,39-,41-,42+,44+,46-,47+,48-,50+,52-,54-,55+,59-/m1/s1. The van der Waals surface area contributed by atoms with Gasteiger partial charge in [-0.2, -0.15) is 0 Å². The first-order valence-corrected chi connectivity index (χ1v) is 27.2. The van der Waals surface area contributed by atoms with E-state index in [2.05, 4.69) is 0 Å². The highest BCUT2D eigenvalue weighted by molar-refractivity contribution is 6.39. The van der Waals surface area contributed by atoms with Gasteiger partial charge in [0.2, 0.25) is 5.79 Å². The Hall–Kier alpha value is -4.55. The lowest BCUT2D eigenvalue weighted by Gasteiger charge is -2.43. The molecule has 0 radical (unpaired) electrons. The average molecular weight is 1050 g/mol. The predicted octanol–water partition coefficient (Wildman–Crippen LogP) is 7.33. The Bertz CT molecular complexity index is 2220. The molecule has 4 N–H and O–H groups in total. The number of carbonyl (C=O) groups excluding carboxylic acids is 5.